The molecule has 7 heteroatoms. The number of amides is 2. The summed E-state index contributed by atoms with van der Waals surface area (Å²) in [6, 6.07) is 7.77. The number of anilines is 1. The van der Waals surface area contributed by atoms with Crippen molar-refractivity contribution in [1.82, 2.24) is 14.7 Å². The minimum absolute atomic E-state index is 0.0575. The molecule has 0 spiro atoms. The maximum atomic E-state index is 13.1. The third-order valence-corrected chi connectivity index (χ3v) is 5.84. The fourth-order valence-electron chi connectivity index (χ4n) is 3.73. The third-order valence-electron chi connectivity index (χ3n) is 5.60. The molecule has 2 fully saturated rings. The topological polar surface area (TPSA) is 47.1 Å². The van der Waals surface area contributed by atoms with Crippen molar-refractivity contribution in [1.29, 1.82) is 0 Å². The van der Waals surface area contributed by atoms with Crippen LogP contribution in [-0.2, 0) is 9.59 Å². The zero-order chi connectivity index (χ0) is 19.6. The Balaban J connectivity index is 1.60. The number of piperazine rings is 2. The molecule has 0 N–H and O–H groups in total. The van der Waals surface area contributed by atoms with E-state index in [1.165, 1.54) is 0 Å². The van der Waals surface area contributed by atoms with Gasteiger partial charge in [-0.25, -0.2) is 0 Å². The molecule has 0 radical (unpaired) electrons. The van der Waals surface area contributed by atoms with Crippen LogP contribution in [-0.4, -0.2) is 85.9 Å². The first kappa shape index (κ1) is 20.0. The number of nitrogens with zero attached hydrogens (tertiary/aromatic N) is 4. The van der Waals surface area contributed by atoms with Crippen LogP contribution in [0.25, 0.3) is 0 Å². The van der Waals surface area contributed by atoms with Crippen LogP contribution in [0.15, 0.2) is 24.3 Å². The molecule has 0 aliphatic carbocycles. The molecule has 2 amide bonds. The van der Waals surface area contributed by atoms with Gasteiger partial charge in [0, 0.05) is 63.1 Å². The maximum absolute atomic E-state index is 13.1. The van der Waals surface area contributed by atoms with Gasteiger partial charge in [0.1, 0.15) is 5.41 Å². The Morgan fingerprint density at radius 1 is 0.889 bits per heavy atom. The van der Waals surface area contributed by atoms with Crippen molar-refractivity contribution in [2.75, 3.05) is 64.3 Å². The van der Waals surface area contributed by atoms with Crippen molar-refractivity contribution in [2.24, 2.45) is 5.41 Å². The van der Waals surface area contributed by atoms with Crippen LogP contribution in [0.3, 0.4) is 0 Å². The number of carbonyl (C=O) groups is 2. The van der Waals surface area contributed by atoms with E-state index in [-0.39, 0.29) is 11.8 Å². The number of benzene rings is 1. The first-order valence-corrected chi connectivity index (χ1v) is 9.94. The second-order valence-electron chi connectivity index (χ2n) is 7.98. The molecule has 2 aliphatic heterocycles. The van der Waals surface area contributed by atoms with E-state index < -0.39 is 5.41 Å². The molecule has 0 bridgehead atoms. The predicted octanol–water partition coefficient (Wildman–Crippen LogP) is 1.79. The van der Waals surface area contributed by atoms with Gasteiger partial charge in [0.05, 0.1) is 0 Å². The summed E-state index contributed by atoms with van der Waals surface area (Å²) in [4.78, 5) is 34.2. The van der Waals surface area contributed by atoms with Crippen molar-refractivity contribution in [2.45, 2.75) is 13.8 Å². The quantitative estimate of drug-likeness (QED) is 0.736. The van der Waals surface area contributed by atoms with Gasteiger partial charge in [-0.3, -0.25) is 9.59 Å². The number of likely N-dealkylation sites (N-methyl/N-ethyl adjacent to an activating group) is 1. The van der Waals surface area contributed by atoms with Crippen LogP contribution in [0.5, 0.6) is 0 Å². The molecular formula is C20H29ClN4O2. The average Bonchev–Trinajstić information content (AvgIpc) is 2.67. The van der Waals surface area contributed by atoms with Crippen molar-refractivity contribution in [3.8, 4) is 0 Å². The number of hydrogen-bond acceptors (Lipinski definition) is 4. The lowest BCUT2D eigenvalue weighted by Gasteiger charge is -2.41. The van der Waals surface area contributed by atoms with Gasteiger partial charge in [-0.1, -0.05) is 17.7 Å². The molecule has 0 aromatic heterocycles. The molecular weight excluding hydrogens is 364 g/mol. The van der Waals surface area contributed by atoms with Crippen LogP contribution < -0.4 is 4.90 Å². The molecule has 2 heterocycles. The number of halogens is 1. The molecule has 3 rings (SSSR count). The highest BCUT2D eigenvalue weighted by Gasteiger charge is 2.42. The van der Waals surface area contributed by atoms with Gasteiger partial charge in [0.15, 0.2) is 0 Å². The molecule has 2 saturated heterocycles. The third kappa shape index (κ3) is 4.38. The summed E-state index contributed by atoms with van der Waals surface area (Å²) in [5.74, 6) is -0.130. The van der Waals surface area contributed by atoms with E-state index in [4.69, 9.17) is 11.6 Å². The summed E-state index contributed by atoms with van der Waals surface area (Å²) < 4.78 is 0. The molecule has 1 aromatic carbocycles. The summed E-state index contributed by atoms with van der Waals surface area (Å²) >= 11 is 6.08. The second-order valence-corrected chi connectivity index (χ2v) is 8.42. The number of rotatable bonds is 3. The van der Waals surface area contributed by atoms with E-state index in [0.717, 1.165) is 31.9 Å². The molecule has 0 saturated carbocycles. The molecule has 148 valence electrons. The van der Waals surface area contributed by atoms with Gasteiger partial charge in [0.2, 0.25) is 11.8 Å². The summed E-state index contributed by atoms with van der Waals surface area (Å²) in [7, 11) is 2.05. The molecule has 6 nitrogen and oxygen atoms in total. The Bertz CT molecular complexity index is 693. The van der Waals surface area contributed by atoms with Crippen LogP contribution in [0.2, 0.25) is 5.02 Å². The summed E-state index contributed by atoms with van der Waals surface area (Å²) in [6.07, 6.45) is 0. The lowest BCUT2D eigenvalue weighted by molar-refractivity contribution is -0.155. The van der Waals surface area contributed by atoms with Crippen molar-refractivity contribution in [3.05, 3.63) is 29.3 Å². The molecule has 1 aromatic rings. The zero-order valence-corrected chi connectivity index (χ0v) is 17.2. The Kier molecular flexibility index (Phi) is 5.96. The van der Waals surface area contributed by atoms with Crippen molar-refractivity contribution < 1.29 is 9.59 Å². The predicted molar refractivity (Wildman–Crippen MR) is 108 cm³/mol. The Morgan fingerprint density at radius 2 is 1.41 bits per heavy atom. The summed E-state index contributed by atoms with van der Waals surface area (Å²) in [5, 5.41) is 0.713. The highest BCUT2D eigenvalue weighted by Crippen LogP contribution is 2.26. The monoisotopic (exact) mass is 392 g/mol. The maximum Gasteiger partial charge on any atom is 0.237 e. The van der Waals surface area contributed by atoms with Gasteiger partial charge in [-0.15, -0.1) is 0 Å². The Morgan fingerprint density at radius 3 is 1.93 bits per heavy atom. The first-order chi connectivity index (χ1) is 12.8. The summed E-state index contributed by atoms with van der Waals surface area (Å²) in [6.45, 7) is 9.33. The van der Waals surface area contributed by atoms with E-state index in [1.807, 2.05) is 34.1 Å². The smallest absolute Gasteiger partial charge is 0.237 e. The van der Waals surface area contributed by atoms with E-state index in [1.54, 1.807) is 13.8 Å². The van der Waals surface area contributed by atoms with Crippen LogP contribution in [0.1, 0.15) is 13.8 Å². The van der Waals surface area contributed by atoms with E-state index in [9.17, 15) is 9.59 Å². The average molecular weight is 393 g/mol. The van der Waals surface area contributed by atoms with E-state index in [0.29, 0.717) is 31.2 Å². The van der Waals surface area contributed by atoms with Gasteiger partial charge in [0.25, 0.3) is 0 Å². The zero-order valence-electron chi connectivity index (χ0n) is 16.4. The molecule has 0 unspecified atom stereocenters. The van der Waals surface area contributed by atoms with E-state index in [2.05, 4.69) is 16.8 Å². The lowest BCUT2D eigenvalue weighted by atomic mass is 9.89. The number of hydrogen-bond donors (Lipinski definition) is 0. The number of carbonyl (C=O) groups excluding carboxylic acids is 2. The van der Waals surface area contributed by atoms with Crippen LogP contribution in [0, 0.1) is 5.41 Å². The fourth-order valence-corrected chi connectivity index (χ4v) is 3.92. The van der Waals surface area contributed by atoms with Crippen molar-refractivity contribution >= 4 is 29.1 Å². The Labute approximate surface area is 166 Å². The standard InChI is InChI=1S/C20H29ClN4O2/c1-20(2,18(26)24-9-7-22(3)8-10-24)19(27)25-13-11-23(12-14-25)17-6-4-5-16(21)15-17/h4-6,15H,7-14H2,1-3H3. The first-order valence-electron chi connectivity index (χ1n) is 9.57. The van der Waals surface area contributed by atoms with Crippen LogP contribution in [0.4, 0.5) is 5.69 Å². The van der Waals surface area contributed by atoms with Gasteiger partial charge < -0.3 is 19.6 Å². The second kappa shape index (κ2) is 8.07. The minimum Gasteiger partial charge on any atom is -0.368 e. The van der Waals surface area contributed by atoms with Crippen LogP contribution >= 0.6 is 11.6 Å². The molecule has 2 aliphatic rings. The highest BCUT2D eigenvalue weighted by atomic mass is 35.5. The van der Waals surface area contributed by atoms with Gasteiger partial charge >= 0.3 is 0 Å². The molecule has 27 heavy (non-hydrogen) atoms. The van der Waals surface area contributed by atoms with Gasteiger partial charge in [-0.05, 0) is 39.1 Å². The largest absolute Gasteiger partial charge is 0.368 e. The van der Waals surface area contributed by atoms with Crippen molar-refractivity contribution in [3.63, 3.8) is 0 Å². The summed E-state index contributed by atoms with van der Waals surface area (Å²) in [5.41, 5.74) is 0.0519. The molecule has 0 atom stereocenters. The SMILES string of the molecule is CN1CCN(C(=O)C(C)(C)C(=O)N2CCN(c3cccc(Cl)c3)CC2)CC1. The Hall–Kier alpha value is -1.79. The lowest BCUT2D eigenvalue weighted by Crippen LogP contribution is -2.58. The highest BCUT2D eigenvalue weighted by molar-refractivity contribution is 6.30. The van der Waals surface area contributed by atoms with Gasteiger partial charge in [-0.2, -0.15) is 0 Å². The fraction of sp³-hybridized carbons (Fsp3) is 0.600. The minimum atomic E-state index is -1.02. The van der Waals surface area contributed by atoms with E-state index >= 15 is 0 Å². The normalized spacial score (nSPS) is 19.3.